The molecule has 1 aliphatic rings. The molecule has 150 valence electrons. The Kier molecular flexibility index (Phi) is 5.35. The fourth-order valence-electron chi connectivity index (χ4n) is 3.79. The molecule has 0 bridgehead atoms. The van der Waals surface area contributed by atoms with Gasteiger partial charge in [-0.1, -0.05) is 23.7 Å². The average molecular weight is 414 g/mol. The van der Waals surface area contributed by atoms with Crippen molar-refractivity contribution in [2.24, 2.45) is 0 Å². The Hall–Kier alpha value is -3.13. The molecule has 29 heavy (non-hydrogen) atoms. The lowest BCUT2D eigenvalue weighted by molar-refractivity contribution is 0.104. The first-order valence-electron chi connectivity index (χ1n) is 9.40. The first-order valence-corrected chi connectivity index (χ1v) is 9.78. The molecular formula is C20H20ClN5O3. The van der Waals surface area contributed by atoms with E-state index in [2.05, 4.69) is 25.6 Å². The van der Waals surface area contributed by atoms with Gasteiger partial charge in [-0.3, -0.25) is 4.79 Å². The lowest BCUT2D eigenvalue weighted by Gasteiger charge is -2.29. The zero-order valence-corrected chi connectivity index (χ0v) is 16.2. The summed E-state index contributed by atoms with van der Waals surface area (Å²) in [6, 6.07) is 7.03. The van der Waals surface area contributed by atoms with E-state index in [9.17, 15) is 9.59 Å². The van der Waals surface area contributed by atoms with Gasteiger partial charge in [-0.2, -0.15) is 0 Å². The topological polar surface area (TPSA) is 120 Å². The number of fused-ring (bicyclic) bond motifs is 1. The summed E-state index contributed by atoms with van der Waals surface area (Å²) in [4.78, 5) is 35.5. The zero-order valence-electron chi connectivity index (χ0n) is 15.5. The van der Waals surface area contributed by atoms with Gasteiger partial charge in [-0.25, -0.2) is 14.8 Å². The van der Waals surface area contributed by atoms with E-state index in [-0.39, 0.29) is 17.9 Å². The molecular weight excluding hydrogens is 394 g/mol. The van der Waals surface area contributed by atoms with Crippen molar-refractivity contribution in [1.29, 1.82) is 0 Å². The Labute approximate surface area is 171 Å². The molecule has 0 atom stereocenters. The first-order chi connectivity index (χ1) is 14.0. The number of H-pyrrole nitrogens is 1. The maximum absolute atomic E-state index is 13.1. The molecule has 0 unspecified atom stereocenters. The Bertz CT molecular complexity index is 1060. The molecule has 0 radical (unpaired) electrons. The second-order valence-electron chi connectivity index (χ2n) is 7.10. The minimum atomic E-state index is -0.992. The van der Waals surface area contributed by atoms with Gasteiger partial charge >= 0.3 is 6.09 Å². The maximum atomic E-state index is 13.1. The SMILES string of the molecule is O=C(O)NC1CCC(Nc2ncnc3[nH]cc(C(=O)c4ccccc4Cl)c23)CC1. The van der Waals surface area contributed by atoms with Crippen molar-refractivity contribution in [2.45, 2.75) is 37.8 Å². The Morgan fingerprint density at radius 3 is 2.52 bits per heavy atom. The van der Waals surface area contributed by atoms with Crippen LogP contribution in [0.2, 0.25) is 5.02 Å². The lowest BCUT2D eigenvalue weighted by Crippen LogP contribution is -2.39. The number of anilines is 1. The van der Waals surface area contributed by atoms with Crippen LogP contribution in [0.1, 0.15) is 41.6 Å². The number of carbonyl (C=O) groups is 2. The van der Waals surface area contributed by atoms with Crippen LogP contribution in [-0.2, 0) is 0 Å². The van der Waals surface area contributed by atoms with Crippen LogP contribution >= 0.6 is 11.6 Å². The van der Waals surface area contributed by atoms with Crippen LogP contribution in [0.25, 0.3) is 11.0 Å². The number of hydrogen-bond donors (Lipinski definition) is 4. The molecule has 0 aliphatic heterocycles. The van der Waals surface area contributed by atoms with Crippen LogP contribution in [-0.4, -0.2) is 44.0 Å². The fraction of sp³-hybridized carbons (Fsp3) is 0.300. The van der Waals surface area contributed by atoms with Crippen molar-refractivity contribution in [3.63, 3.8) is 0 Å². The molecule has 1 fully saturated rings. The van der Waals surface area contributed by atoms with Crippen LogP contribution in [0.5, 0.6) is 0 Å². The van der Waals surface area contributed by atoms with E-state index in [4.69, 9.17) is 16.7 Å². The summed E-state index contributed by atoms with van der Waals surface area (Å²) in [7, 11) is 0. The van der Waals surface area contributed by atoms with Crippen molar-refractivity contribution < 1.29 is 14.7 Å². The van der Waals surface area contributed by atoms with Gasteiger partial charge in [0.05, 0.1) is 16.0 Å². The van der Waals surface area contributed by atoms with Crippen molar-refractivity contribution in [1.82, 2.24) is 20.3 Å². The molecule has 2 heterocycles. The lowest BCUT2D eigenvalue weighted by atomic mass is 9.91. The van der Waals surface area contributed by atoms with Gasteiger partial charge < -0.3 is 20.7 Å². The van der Waals surface area contributed by atoms with E-state index >= 15 is 0 Å². The van der Waals surface area contributed by atoms with E-state index in [0.717, 1.165) is 25.7 Å². The van der Waals surface area contributed by atoms with Crippen LogP contribution in [0.4, 0.5) is 10.6 Å². The van der Waals surface area contributed by atoms with Crippen LogP contribution in [0, 0.1) is 0 Å². The predicted molar refractivity (Wildman–Crippen MR) is 110 cm³/mol. The summed E-state index contributed by atoms with van der Waals surface area (Å²) >= 11 is 6.21. The molecule has 8 nitrogen and oxygen atoms in total. The Morgan fingerprint density at radius 1 is 1.07 bits per heavy atom. The second-order valence-corrected chi connectivity index (χ2v) is 7.51. The number of hydrogen-bond acceptors (Lipinski definition) is 5. The van der Waals surface area contributed by atoms with E-state index < -0.39 is 6.09 Å². The quantitative estimate of drug-likeness (QED) is 0.472. The Balaban J connectivity index is 1.58. The number of nitrogens with one attached hydrogen (secondary N) is 3. The van der Waals surface area contributed by atoms with E-state index in [1.807, 2.05) is 0 Å². The van der Waals surface area contributed by atoms with Crippen LogP contribution < -0.4 is 10.6 Å². The maximum Gasteiger partial charge on any atom is 0.404 e. The van der Waals surface area contributed by atoms with Gasteiger partial charge in [0.1, 0.15) is 17.8 Å². The van der Waals surface area contributed by atoms with Crippen LogP contribution in [0.3, 0.4) is 0 Å². The fourth-order valence-corrected chi connectivity index (χ4v) is 4.01. The highest BCUT2D eigenvalue weighted by Gasteiger charge is 2.25. The normalized spacial score (nSPS) is 19.1. The molecule has 4 N–H and O–H groups in total. The third-order valence-corrected chi connectivity index (χ3v) is 5.56. The van der Waals surface area contributed by atoms with Gasteiger partial charge in [-0.05, 0) is 37.8 Å². The molecule has 4 rings (SSSR count). The van der Waals surface area contributed by atoms with Crippen molar-refractivity contribution in [2.75, 3.05) is 5.32 Å². The second kappa shape index (κ2) is 8.08. The standard InChI is InChI=1S/C20H20ClN5O3/c21-15-4-2-1-3-13(15)17(27)14-9-22-18-16(14)19(24-10-23-18)25-11-5-7-12(8-6-11)26-20(28)29/h1-4,9-12,26H,5-8H2,(H,28,29)(H2,22,23,24,25). The Morgan fingerprint density at radius 2 is 1.79 bits per heavy atom. The number of rotatable bonds is 5. The van der Waals surface area contributed by atoms with Gasteiger partial charge in [0, 0.05) is 23.8 Å². The number of aromatic nitrogens is 3. The minimum absolute atomic E-state index is 0.0272. The molecule has 0 saturated heterocycles. The number of carboxylic acid groups (broad SMARTS) is 1. The summed E-state index contributed by atoms with van der Waals surface area (Å²) in [5.74, 6) is 0.385. The molecule has 0 spiro atoms. The van der Waals surface area contributed by atoms with Crippen molar-refractivity contribution >= 4 is 40.3 Å². The number of aromatic amines is 1. The number of benzene rings is 1. The summed E-state index contributed by atoms with van der Waals surface area (Å²) in [5, 5.41) is 15.8. The highest BCUT2D eigenvalue weighted by Crippen LogP contribution is 2.30. The van der Waals surface area contributed by atoms with Gasteiger partial charge in [0.25, 0.3) is 0 Å². The summed E-state index contributed by atoms with van der Waals surface area (Å²) < 4.78 is 0. The van der Waals surface area contributed by atoms with Gasteiger partial charge in [0.2, 0.25) is 0 Å². The molecule has 9 heteroatoms. The molecule has 2 aromatic heterocycles. The smallest absolute Gasteiger partial charge is 0.404 e. The number of halogens is 1. The largest absolute Gasteiger partial charge is 0.465 e. The summed E-state index contributed by atoms with van der Waals surface area (Å²) in [6.45, 7) is 0. The highest BCUT2D eigenvalue weighted by atomic mass is 35.5. The molecule has 3 aromatic rings. The predicted octanol–water partition coefficient (Wildman–Crippen LogP) is 3.83. The highest BCUT2D eigenvalue weighted by molar-refractivity contribution is 6.35. The van der Waals surface area contributed by atoms with Crippen LogP contribution in [0.15, 0.2) is 36.8 Å². The molecule has 1 aliphatic carbocycles. The summed E-state index contributed by atoms with van der Waals surface area (Å²) in [6.07, 6.45) is 5.18. The molecule has 1 amide bonds. The molecule has 1 saturated carbocycles. The minimum Gasteiger partial charge on any atom is -0.465 e. The third kappa shape index (κ3) is 4.02. The number of amides is 1. The third-order valence-electron chi connectivity index (χ3n) is 5.23. The first kappa shape index (κ1) is 19.2. The monoisotopic (exact) mass is 413 g/mol. The van der Waals surface area contributed by atoms with Gasteiger partial charge in [0.15, 0.2) is 5.78 Å². The molecule has 1 aromatic carbocycles. The van der Waals surface area contributed by atoms with E-state index in [1.54, 1.807) is 30.5 Å². The summed E-state index contributed by atoms with van der Waals surface area (Å²) in [5.41, 5.74) is 1.45. The van der Waals surface area contributed by atoms with Crippen molar-refractivity contribution in [3.8, 4) is 0 Å². The number of nitrogens with zero attached hydrogens (tertiary/aromatic N) is 2. The average Bonchev–Trinajstić information content (AvgIpc) is 3.14. The van der Waals surface area contributed by atoms with E-state index in [0.29, 0.717) is 33.0 Å². The van der Waals surface area contributed by atoms with E-state index in [1.165, 1.54) is 6.33 Å². The number of carbonyl (C=O) groups excluding carboxylic acids is 1. The van der Waals surface area contributed by atoms with Gasteiger partial charge in [-0.15, -0.1) is 0 Å². The zero-order chi connectivity index (χ0) is 20.4. The van der Waals surface area contributed by atoms with Crippen molar-refractivity contribution in [3.05, 3.63) is 52.9 Å². The number of ketones is 1.